The molecule has 1 atom stereocenters. The molecule has 0 radical (unpaired) electrons. The van der Waals surface area contributed by atoms with Crippen LogP contribution in [0.25, 0.3) is 0 Å². The minimum atomic E-state index is 0.512. The minimum Gasteiger partial charge on any atom is -0.382 e. The van der Waals surface area contributed by atoms with Crippen molar-refractivity contribution in [3.8, 4) is 0 Å². The third-order valence-corrected chi connectivity index (χ3v) is 3.86. The highest BCUT2D eigenvalue weighted by Gasteiger charge is 2.12. The molecule has 0 saturated heterocycles. The maximum absolute atomic E-state index is 5.55. The fraction of sp³-hybridized carbons (Fsp3) is 0.647. The van der Waals surface area contributed by atoms with Gasteiger partial charge in [-0.25, -0.2) is 0 Å². The summed E-state index contributed by atoms with van der Waals surface area (Å²) in [7, 11) is 1.70. The molecular weight excluding hydrogens is 330 g/mol. The van der Waals surface area contributed by atoms with Gasteiger partial charge < -0.3 is 14.8 Å². The van der Waals surface area contributed by atoms with Crippen molar-refractivity contribution in [1.29, 1.82) is 0 Å². The first-order valence-electron chi connectivity index (χ1n) is 7.69. The van der Waals surface area contributed by atoms with Crippen molar-refractivity contribution in [3.63, 3.8) is 0 Å². The van der Waals surface area contributed by atoms with E-state index in [2.05, 4.69) is 59.4 Å². The molecule has 21 heavy (non-hydrogen) atoms. The molecule has 4 heteroatoms. The van der Waals surface area contributed by atoms with Gasteiger partial charge in [0.25, 0.3) is 0 Å². The smallest absolute Gasteiger partial charge is 0.0700 e. The van der Waals surface area contributed by atoms with Crippen LogP contribution in [0.2, 0.25) is 0 Å². The highest BCUT2D eigenvalue weighted by Crippen LogP contribution is 2.24. The van der Waals surface area contributed by atoms with Gasteiger partial charge in [-0.1, -0.05) is 41.9 Å². The molecule has 1 aromatic rings. The summed E-state index contributed by atoms with van der Waals surface area (Å²) in [5, 5.41) is 3.55. The third kappa shape index (κ3) is 8.57. The summed E-state index contributed by atoms with van der Waals surface area (Å²) >= 11 is 3.56. The first kappa shape index (κ1) is 18.6. The van der Waals surface area contributed by atoms with Crippen molar-refractivity contribution in [3.05, 3.63) is 34.3 Å². The van der Waals surface area contributed by atoms with Gasteiger partial charge in [-0.3, -0.25) is 0 Å². The monoisotopic (exact) mass is 357 g/mol. The van der Waals surface area contributed by atoms with Crippen LogP contribution in [0.5, 0.6) is 0 Å². The number of methoxy groups -OCH3 is 1. The van der Waals surface area contributed by atoms with Crippen molar-refractivity contribution in [2.24, 2.45) is 0 Å². The van der Waals surface area contributed by atoms with E-state index in [1.807, 2.05) is 0 Å². The zero-order valence-corrected chi connectivity index (χ0v) is 15.0. The maximum atomic E-state index is 5.55. The lowest BCUT2D eigenvalue weighted by Gasteiger charge is -2.20. The molecule has 0 bridgehead atoms. The molecule has 0 spiro atoms. The van der Waals surface area contributed by atoms with Crippen LogP contribution < -0.4 is 5.32 Å². The number of ether oxygens (including phenoxy) is 2. The van der Waals surface area contributed by atoms with Gasteiger partial charge in [-0.05, 0) is 36.5 Å². The molecule has 1 unspecified atom stereocenters. The van der Waals surface area contributed by atoms with Gasteiger partial charge in [-0.2, -0.15) is 0 Å². The molecule has 1 N–H and O–H groups in total. The van der Waals surface area contributed by atoms with Gasteiger partial charge >= 0.3 is 0 Å². The first-order chi connectivity index (χ1) is 10.1. The Balaban J connectivity index is 2.45. The predicted octanol–water partition coefficient (Wildman–Crippen LogP) is 3.97. The Morgan fingerprint density at radius 1 is 1.19 bits per heavy atom. The van der Waals surface area contributed by atoms with Gasteiger partial charge in [0.2, 0.25) is 0 Å². The Kier molecular flexibility index (Phi) is 9.92. The molecular formula is C17H28BrNO2. The summed E-state index contributed by atoms with van der Waals surface area (Å²) in [5.41, 5.74) is 1.38. The zero-order chi connectivity index (χ0) is 15.5. The van der Waals surface area contributed by atoms with Crippen molar-refractivity contribution in [1.82, 2.24) is 5.32 Å². The molecule has 0 aliphatic rings. The van der Waals surface area contributed by atoms with E-state index in [1.54, 1.807) is 7.11 Å². The summed E-state index contributed by atoms with van der Waals surface area (Å²) < 4.78 is 11.7. The van der Waals surface area contributed by atoms with E-state index in [9.17, 15) is 0 Å². The topological polar surface area (TPSA) is 30.5 Å². The molecule has 0 aromatic heterocycles. The van der Waals surface area contributed by atoms with Crippen molar-refractivity contribution < 1.29 is 9.47 Å². The van der Waals surface area contributed by atoms with Crippen LogP contribution >= 0.6 is 15.9 Å². The lowest BCUT2D eigenvalue weighted by Crippen LogP contribution is -2.28. The molecule has 0 aliphatic heterocycles. The van der Waals surface area contributed by atoms with E-state index in [0.29, 0.717) is 25.2 Å². The number of rotatable bonds is 11. The van der Waals surface area contributed by atoms with Gasteiger partial charge in [0.1, 0.15) is 0 Å². The summed E-state index contributed by atoms with van der Waals surface area (Å²) in [4.78, 5) is 0. The molecule has 120 valence electrons. The molecule has 0 amide bonds. The van der Waals surface area contributed by atoms with E-state index in [-0.39, 0.29) is 0 Å². The molecule has 1 aromatic carbocycles. The lowest BCUT2D eigenvalue weighted by atomic mass is 9.94. The quantitative estimate of drug-likeness (QED) is 0.607. The third-order valence-electron chi connectivity index (χ3n) is 3.37. The second-order valence-electron chi connectivity index (χ2n) is 5.56. The van der Waals surface area contributed by atoms with E-state index >= 15 is 0 Å². The Labute approximate surface area is 137 Å². The van der Waals surface area contributed by atoms with E-state index < -0.39 is 0 Å². The van der Waals surface area contributed by atoms with Crippen LogP contribution in [0.1, 0.15) is 38.2 Å². The first-order valence-corrected chi connectivity index (χ1v) is 8.48. The fourth-order valence-electron chi connectivity index (χ4n) is 2.20. The number of hydrogen-bond acceptors (Lipinski definition) is 3. The van der Waals surface area contributed by atoms with Gasteiger partial charge in [0, 0.05) is 30.8 Å². The normalized spacial score (nSPS) is 12.8. The van der Waals surface area contributed by atoms with Crippen LogP contribution in [0.15, 0.2) is 28.7 Å². The summed E-state index contributed by atoms with van der Waals surface area (Å²) in [6, 6.07) is 9.13. The highest BCUT2D eigenvalue weighted by molar-refractivity contribution is 9.10. The van der Waals surface area contributed by atoms with Crippen molar-refractivity contribution >= 4 is 15.9 Å². The number of hydrogen-bond donors (Lipinski definition) is 1. The van der Waals surface area contributed by atoms with E-state index in [1.165, 1.54) is 5.56 Å². The Hall–Kier alpha value is -0.420. The van der Waals surface area contributed by atoms with Crippen molar-refractivity contribution in [2.45, 2.75) is 38.6 Å². The SMILES string of the molecule is COCCOCCCC(CNC(C)C)c1cccc(Br)c1. The number of benzene rings is 1. The molecule has 0 fully saturated rings. The summed E-state index contributed by atoms with van der Waals surface area (Å²) in [6.07, 6.45) is 2.20. The molecule has 0 saturated carbocycles. The Morgan fingerprint density at radius 2 is 2.00 bits per heavy atom. The second-order valence-corrected chi connectivity index (χ2v) is 6.48. The molecule has 0 heterocycles. The average Bonchev–Trinajstić information content (AvgIpc) is 2.45. The molecule has 1 rings (SSSR count). The van der Waals surface area contributed by atoms with Crippen LogP contribution in [-0.4, -0.2) is 39.5 Å². The number of halogens is 1. The molecule has 0 aliphatic carbocycles. The van der Waals surface area contributed by atoms with Crippen molar-refractivity contribution in [2.75, 3.05) is 33.5 Å². The zero-order valence-electron chi connectivity index (χ0n) is 13.4. The minimum absolute atomic E-state index is 0.512. The van der Waals surface area contributed by atoms with Crippen LogP contribution in [0.4, 0.5) is 0 Å². The van der Waals surface area contributed by atoms with Gasteiger partial charge in [0.15, 0.2) is 0 Å². The van der Waals surface area contributed by atoms with E-state index in [0.717, 1.165) is 30.5 Å². The predicted molar refractivity (Wildman–Crippen MR) is 92.0 cm³/mol. The summed E-state index contributed by atoms with van der Waals surface area (Å²) in [5.74, 6) is 0.524. The Bertz CT molecular complexity index is 385. The van der Waals surface area contributed by atoms with Gasteiger partial charge in [0.05, 0.1) is 13.2 Å². The largest absolute Gasteiger partial charge is 0.382 e. The standard InChI is InChI=1S/C17H28BrNO2/c1-14(2)19-13-16(7-5-9-21-11-10-20-3)15-6-4-8-17(18)12-15/h4,6,8,12,14,16,19H,5,7,9-11,13H2,1-3H3. The molecule has 3 nitrogen and oxygen atoms in total. The van der Waals surface area contributed by atoms with Crippen LogP contribution in [-0.2, 0) is 9.47 Å². The van der Waals surface area contributed by atoms with E-state index in [4.69, 9.17) is 9.47 Å². The average molecular weight is 358 g/mol. The van der Waals surface area contributed by atoms with Gasteiger partial charge in [-0.15, -0.1) is 0 Å². The van der Waals surface area contributed by atoms with Crippen LogP contribution in [0.3, 0.4) is 0 Å². The fourth-order valence-corrected chi connectivity index (χ4v) is 2.62. The Morgan fingerprint density at radius 3 is 2.67 bits per heavy atom. The maximum Gasteiger partial charge on any atom is 0.0700 e. The highest BCUT2D eigenvalue weighted by atomic mass is 79.9. The summed E-state index contributed by atoms with van der Waals surface area (Å²) in [6.45, 7) is 7.53. The lowest BCUT2D eigenvalue weighted by molar-refractivity contribution is 0.0681. The van der Waals surface area contributed by atoms with Crippen LogP contribution in [0, 0.1) is 0 Å². The number of nitrogens with one attached hydrogen (secondary N) is 1. The second kappa shape index (κ2) is 11.2.